The Morgan fingerprint density at radius 3 is 2.63 bits per heavy atom. The molecule has 0 unspecified atom stereocenters. The average molecular weight is 265 g/mol. The number of hydrogen-bond donors (Lipinski definition) is 1. The maximum atomic E-state index is 11.2. The molecule has 1 heterocycles. The van der Waals surface area contributed by atoms with Crippen molar-refractivity contribution < 1.29 is 9.90 Å². The minimum atomic E-state index is -0.967. The normalized spacial score (nSPS) is 17.0. The molecule has 1 saturated carbocycles. The summed E-state index contributed by atoms with van der Waals surface area (Å²) >= 11 is 0. The fraction of sp³-hybridized carbons (Fsp3) is 0.786. The molecule has 0 amide bonds. The third-order valence-electron chi connectivity index (χ3n) is 4.00. The predicted molar refractivity (Wildman–Crippen MR) is 72.3 cm³/mol. The Kier molecular flexibility index (Phi) is 4.56. The van der Waals surface area contributed by atoms with Crippen LogP contribution in [-0.4, -0.2) is 26.1 Å². The number of carbonyl (C=O) groups is 1. The maximum Gasteiger partial charge on any atom is 0.358 e. The van der Waals surface area contributed by atoms with E-state index in [1.807, 2.05) is 13.8 Å². The topological polar surface area (TPSA) is 68.0 Å². The van der Waals surface area contributed by atoms with Gasteiger partial charge in [-0.2, -0.15) is 0 Å². The highest BCUT2D eigenvalue weighted by Gasteiger charge is 2.22. The van der Waals surface area contributed by atoms with E-state index < -0.39 is 5.97 Å². The molecule has 0 aromatic carbocycles. The van der Waals surface area contributed by atoms with Crippen molar-refractivity contribution in [1.29, 1.82) is 0 Å². The van der Waals surface area contributed by atoms with Gasteiger partial charge in [-0.1, -0.05) is 37.3 Å². The lowest BCUT2D eigenvalue weighted by Gasteiger charge is -2.21. The lowest BCUT2D eigenvalue weighted by molar-refractivity contribution is 0.0689. The molecule has 0 bridgehead atoms. The Morgan fingerprint density at radius 2 is 2.05 bits per heavy atom. The molecule has 5 heteroatoms. The van der Waals surface area contributed by atoms with Gasteiger partial charge in [0.05, 0.1) is 5.69 Å². The molecule has 0 atom stereocenters. The smallest absolute Gasteiger partial charge is 0.358 e. The van der Waals surface area contributed by atoms with E-state index in [0.717, 1.165) is 24.5 Å². The first-order valence-corrected chi connectivity index (χ1v) is 7.27. The highest BCUT2D eigenvalue weighted by molar-refractivity contribution is 5.86. The van der Waals surface area contributed by atoms with Crippen molar-refractivity contribution in [1.82, 2.24) is 15.0 Å². The van der Waals surface area contributed by atoms with Crippen LogP contribution in [0.5, 0.6) is 0 Å². The van der Waals surface area contributed by atoms with Crippen LogP contribution in [0.1, 0.15) is 74.6 Å². The second kappa shape index (κ2) is 6.17. The Bertz CT molecular complexity index is 434. The molecular weight excluding hydrogens is 242 g/mol. The molecule has 0 aliphatic heterocycles. The molecule has 5 nitrogen and oxygen atoms in total. The molecule has 1 fully saturated rings. The molecule has 106 valence electrons. The predicted octanol–water partition coefficient (Wildman–Crippen LogP) is 3.07. The Labute approximate surface area is 114 Å². The summed E-state index contributed by atoms with van der Waals surface area (Å²) in [7, 11) is 0. The molecule has 1 aromatic heterocycles. The summed E-state index contributed by atoms with van der Waals surface area (Å²) in [5.41, 5.74) is 0.914. The van der Waals surface area contributed by atoms with E-state index in [1.54, 1.807) is 4.68 Å². The van der Waals surface area contributed by atoms with Crippen LogP contribution >= 0.6 is 0 Å². The van der Waals surface area contributed by atoms with Crippen LogP contribution < -0.4 is 0 Å². The first kappa shape index (κ1) is 14.0. The third-order valence-corrected chi connectivity index (χ3v) is 4.00. The highest BCUT2D eigenvalue weighted by Crippen LogP contribution is 2.28. The number of rotatable bonds is 5. The average Bonchev–Trinajstić information content (AvgIpc) is 2.81. The largest absolute Gasteiger partial charge is 0.476 e. The molecular formula is C14H23N3O2. The monoisotopic (exact) mass is 265 g/mol. The number of aromatic nitrogens is 3. The van der Waals surface area contributed by atoms with Gasteiger partial charge in [0.2, 0.25) is 0 Å². The summed E-state index contributed by atoms with van der Waals surface area (Å²) in [6.07, 6.45) is 8.38. The zero-order valence-corrected chi connectivity index (χ0v) is 11.8. The van der Waals surface area contributed by atoms with Gasteiger partial charge in [-0.3, -0.25) is 0 Å². The van der Waals surface area contributed by atoms with Crippen LogP contribution in [0.25, 0.3) is 0 Å². The number of nitrogens with zero attached hydrogens (tertiary/aromatic N) is 3. The number of aromatic carboxylic acids is 1. The number of hydrogen-bond acceptors (Lipinski definition) is 3. The Balaban J connectivity index is 2.08. The molecule has 1 N–H and O–H groups in total. The molecule has 2 rings (SSSR count). The van der Waals surface area contributed by atoms with Gasteiger partial charge in [-0.05, 0) is 32.6 Å². The molecule has 0 radical (unpaired) electrons. The first-order valence-electron chi connectivity index (χ1n) is 7.27. The van der Waals surface area contributed by atoms with Gasteiger partial charge >= 0.3 is 5.97 Å². The third kappa shape index (κ3) is 3.33. The fourth-order valence-corrected chi connectivity index (χ4v) is 2.94. The van der Waals surface area contributed by atoms with E-state index in [-0.39, 0.29) is 11.7 Å². The summed E-state index contributed by atoms with van der Waals surface area (Å²) in [5, 5.41) is 17.0. The minimum Gasteiger partial charge on any atom is -0.476 e. The van der Waals surface area contributed by atoms with Crippen molar-refractivity contribution >= 4 is 5.97 Å². The van der Waals surface area contributed by atoms with Crippen molar-refractivity contribution in [2.75, 3.05) is 0 Å². The summed E-state index contributed by atoms with van der Waals surface area (Å²) in [4.78, 5) is 11.2. The summed E-state index contributed by atoms with van der Waals surface area (Å²) in [6.45, 7) is 4.01. The van der Waals surface area contributed by atoms with Crippen molar-refractivity contribution in [3.8, 4) is 0 Å². The van der Waals surface area contributed by atoms with Gasteiger partial charge < -0.3 is 5.11 Å². The fourth-order valence-electron chi connectivity index (χ4n) is 2.94. The Morgan fingerprint density at radius 1 is 1.37 bits per heavy atom. The number of carboxylic acid groups (broad SMARTS) is 1. The molecule has 19 heavy (non-hydrogen) atoms. The highest BCUT2D eigenvalue weighted by atomic mass is 16.4. The van der Waals surface area contributed by atoms with Crippen LogP contribution in [0.3, 0.4) is 0 Å². The lowest BCUT2D eigenvalue weighted by atomic mass is 9.85. The van der Waals surface area contributed by atoms with Gasteiger partial charge in [0.25, 0.3) is 0 Å². The van der Waals surface area contributed by atoms with E-state index in [4.69, 9.17) is 0 Å². The van der Waals surface area contributed by atoms with Gasteiger partial charge in [-0.15, -0.1) is 5.10 Å². The lowest BCUT2D eigenvalue weighted by Crippen LogP contribution is -2.13. The van der Waals surface area contributed by atoms with Gasteiger partial charge in [-0.25, -0.2) is 9.48 Å². The van der Waals surface area contributed by atoms with E-state index in [2.05, 4.69) is 10.3 Å². The Hall–Kier alpha value is -1.39. The van der Waals surface area contributed by atoms with Crippen LogP contribution in [0, 0.1) is 5.92 Å². The SMILES string of the molecule is CC(C)n1nnc(C(=O)O)c1CCC1CCCCC1. The molecule has 0 saturated heterocycles. The molecule has 1 aromatic rings. The summed E-state index contributed by atoms with van der Waals surface area (Å²) in [5.74, 6) is -0.226. The van der Waals surface area contributed by atoms with E-state index in [9.17, 15) is 9.90 Å². The van der Waals surface area contributed by atoms with Crippen molar-refractivity contribution in [2.24, 2.45) is 5.92 Å². The second-order valence-corrected chi connectivity index (χ2v) is 5.77. The van der Waals surface area contributed by atoms with Crippen LogP contribution in [0.15, 0.2) is 0 Å². The zero-order valence-electron chi connectivity index (χ0n) is 11.8. The number of carboxylic acids is 1. The maximum absolute atomic E-state index is 11.2. The minimum absolute atomic E-state index is 0.129. The van der Waals surface area contributed by atoms with Crippen molar-refractivity contribution in [2.45, 2.75) is 64.8 Å². The van der Waals surface area contributed by atoms with Gasteiger partial charge in [0.15, 0.2) is 5.69 Å². The first-order chi connectivity index (χ1) is 9.09. The van der Waals surface area contributed by atoms with Crippen LogP contribution in [0.4, 0.5) is 0 Å². The zero-order chi connectivity index (χ0) is 13.8. The molecule has 1 aliphatic carbocycles. The van der Waals surface area contributed by atoms with Crippen LogP contribution in [0.2, 0.25) is 0 Å². The quantitative estimate of drug-likeness (QED) is 0.888. The van der Waals surface area contributed by atoms with Crippen molar-refractivity contribution in [3.63, 3.8) is 0 Å². The van der Waals surface area contributed by atoms with E-state index in [1.165, 1.54) is 32.1 Å². The van der Waals surface area contributed by atoms with Crippen LogP contribution in [-0.2, 0) is 6.42 Å². The van der Waals surface area contributed by atoms with Gasteiger partial charge in [0, 0.05) is 6.04 Å². The summed E-state index contributed by atoms with van der Waals surface area (Å²) in [6, 6.07) is 0.155. The standard InChI is InChI=1S/C14H23N3O2/c1-10(2)17-12(13(14(18)19)15-16-17)9-8-11-6-4-3-5-7-11/h10-11H,3-9H2,1-2H3,(H,18,19). The second-order valence-electron chi connectivity index (χ2n) is 5.77. The van der Waals surface area contributed by atoms with Gasteiger partial charge in [0.1, 0.15) is 0 Å². The van der Waals surface area contributed by atoms with E-state index in [0.29, 0.717) is 0 Å². The van der Waals surface area contributed by atoms with E-state index >= 15 is 0 Å². The molecule has 1 aliphatic rings. The van der Waals surface area contributed by atoms with Crippen molar-refractivity contribution in [3.05, 3.63) is 11.4 Å². The summed E-state index contributed by atoms with van der Waals surface area (Å²) < 4.78 is 1.76. The molecule has 0 spiro atoms.